The van der Waals surface area contributed by atoms with Crippen LogP contribution in [0.4, 0.5) is 0 Å². The van der Waals surface area contributed by atoms with Crippen molar-refractivity contribution in [2.24, 2.45) is 0 Å². The fraction of sp³-hybridized carbons (Fsp3) is 0.500. The van der Waals surface area contributed by atoms with Crippen LogP contribution in [-0.2, 0) is 0 Å². The molecule has 0 amide bonds. The van der Waals surface area contributed by atoms with Gasteiger partial charge in [-0.05, 0) is 36.0 Å². The summed E-state index contributed by atoms with van der Waals surface area (Å²) in [5.74, 6) is 0. The number of hydrogen-bond donors (Lipinski definition) is 0. The fourth-order valence-corrected chi connectivity index (χ4v) is 2.77. The third-order valence-corrected chi connectivity index (χ3v) is 3.50. The minimum absolute atomic E-state index is 0.239. The first-order valence-corrected chi connectivity index (χ1v) is 6.07. The van der Waals surface area contributed by atoms with Crippen LogP contribution in [-0.4, -0.2) is 19.5 Å². The highest BCUT2D eigenvalue weighted by Crippen LogP contribution is 2.34. The highest BCUT2D eigenvalue weighted by atomic mass is 35.5. The van der Waals surface area contributed by atoms with Gasteiger partial charge in [-0.15, -0.1) is 0 Å². The Kier molecular flexibility index (Phi) is 2.48. The van der Waals surface area contributed by atoms with E-state index in [0.717, 1.165) is 18.5 Å². The number of hydrogen-bond acceptors (Lipinski definition) is 3. The van der Waals surface area contributed by atoms with Crippen molar-refractivity contribution in [3.63, 3.8) is 0 Å². The third-order valence-electron chi connectivity index (χ3n) is 3.05. The van der Waals surface area contributed by atoms with Gasteiger partial charge in [0.05, 0.1) is 6.20 Å². The van der Waals surface area contributed by atoms with E-state index in [1.165, 1.54) is 12.8 Å². The molecule has 0 spiro atoms. The van der Waals surface area contributed by atoms with E-state index in [9.17, 15) is 0 Å². The molecule has 6 heteroatoms. The molecule has 3 rings (SSSR count). The number of fused-ring (bicyclic) bond motifs is 1. The Morgan fingerprint density at radius 2 is 1.94 bits per heavy atom. The minimum Gasteiger partial charge on any atom is -0.296 e. The smallest absolute Gasteiger partial charge is 0.224 e. The molecule has 0 bridgehead atoms. The average molecular weight is 257 g/mol. The summed E-state index contributed by atoms with van der Waals surface area (Å²) in [6, 6.07) is 0.406. The predicted octanol–water partition coefficient (Wildman–Crippen LogP) is 3.25. The molecule has 1 saturated carbocycles. The Labute approximate surface area is 103 Å². The van der Waals surface area contributed by atoms with Crippen LogP contribution in [0, 0.1) is 0 Å². The SMILES string of the molecule is Clc1ncc2nc(Cl)n(C3CCCC3)c2n1. The molecule has 2 heterocycles. The predicted molar refractivity (Wildman–Crippen MR) is 62.8 cm³/mol. The van der Waals surface area contributed by atoms with Gasteiger partial charge in [0.25, 0.3) is 0 Å². The lowest BCUT2D eigenvalue weighted by molar-refractivity contribution is 0.529. The molecule has 2 aromatic rings. The second kappa shape index (κ2) is 3.86. The van der Waals surface area contributed by atoms with Gasteiger partial charge in [-0.3, -0.25) is 4.57 Å². The summed E-state index contributed by atoms with van der Waals surface area (Å²) in [5.41, 5.74) is 1.46. The second-order valence-corrected chi connectivity index (χ2v) is 4.71. The maximum Gasteiger partial charge on any atom is 0.224 e. The summed E-state index contributed by atoms with van der Waals surface area (Å²) in [4.78, 5) is 12.4. The molecule has 1 aliphatic rings. The van der Waals surface area contributed by atoms with Crippen molar-refractivity contribution in [3.8, 4) is 0 Å². The van der Waals surface area contributed by atoms with E-state index >= 15 is 0 Å². The van der Waals surface area contributed by atoms with Crippen molar-refractivity contribution in [2.45, 2.75) is 31.7 Å². The number of imidazole rings is 1. The maximum atomic E-state index is 6.14. The first-order valence-electron chi connectivity index (χ1n) is 5.31. The van der Waals surface area contributed by atoms with Gasteiger partial charge >= 0.3 is 0 Å². The first kappa shape index (κ1) is 10.3. The highest BCUT2D eigenvalue weighted by molar-refractivity contribution is 6.29. The first-order chi connectivity index (χ1) is 7.75. The van der Waals surface area contributed by atoms with Gasteiger partial charge in [0, 0.05) is 6.04 Å². The number of aromatic nitrogens is 4. The standard InChI is InChI=1S/C10H10Cl2N4/c11-9-13-5-7-8(15-9)16(10(12)14-7)6-3-1-2-4-6/h5-6H,1-4H2. The average Bonchev–Trinajstić information content (AvgIpc) is 2.83. The van der Waals surface area contributed by atoms with Crippen LogP contribution in [0.2, 0.25) is 10.6 Å². The molecule has 2 aromatic heterocycles. The Morgan fingerprint density at radius 1 is 1.19 bits per heavy atom. The molecule has 0 radical (unpaired) electrons. The molecular weight excluding hydrogens is 247 g/mol. The van der Waals surface area contributed by atoms with E-state index in [2.05, 4.69) is 15.0 Å². The molecule has 84 valence electrons. The topological polar surface area (TPSA) is 43.6 Å². The molecule has 1 fully saturated rings. The molecule has 0 aromatic carbocycles. The fourth-order valence-electron chi connectivity index (χ4n) is 2.33. The van der Waals surface area contributed by atoms with Crippen molar-refractivity contribution >= 4 is 34.4 Å². The largest absolute Gasteiger partial charge is 0.296 e. The molecule has 0 N–H and O–H groups in total. The van der Waals surface area contributed by atoms with Gasteiger partial charge in [0.15, 0.2) is 5.65 Å². The molecule has 0 saturated heterocycles. The van der Waals surface area contributed by atoms with Gasteiger partial charge in [-0.1, -0.05) is 12.8 Å². The number of nitrogens with zero attached hydrogens (tertiary/aromatic N) is 4. The Bertz CT molecular complexity index is 531. The number of halogens is 2. The Morgan fingerprint density at radius 3 is 2.69 bits per heavy atom. The molecule has 1 aliphatic carbocycles. The van der Waals surface area contributed by atoms with Gasteiger partial charge in [-0.2, -0.15) is 4.98 Å². The lowest BCUT2D eigenvalue weighted by Crippen LogP contribution is -2.05. The zero-order valence-corrected chi connectivity index (χ0v) is 10.0. The van der Waals surface area contributed by atoms with Gasteiger partial charge in [-0.25, -0.2) is 9.97 Å². The van der Waals surface area contributed by atoms with Crippen LogP contribution in [0.25, 0.3) is 11.2 Å². The maximum absolute atomic E-state index is 6.14. The summed E-state index contributed by atoms with van der Waals surface area (Å²) < 4.78 is 1.98. The third kappa shape index (κ3) is 1.57. The van der Waals surface area contributed by atoms with Crippen molar-refractivity contribution in [3.05, 3.63) is 16.8 Å². The Hall–Kier alpha value is -0.870. The summed E-state index contributed by atoms with van der Waals surface area (Å²) >= 11 is 11.9. The molecule has 4 nitrogen and oxygen atoms in total. The minimum atomic E-state index is 0.239. The van der Waals surface area contributed by atoms with E-state index in [1.54, 1.807) is 6.20 Å². The van der Waals surface area contributed by atoms with Crippen molar-refractivity contribution in [2.75, 3.05) is 0 Å². The zero-order valence-electron chi connectivity index (χ0n) is 8.53. The summed E-state index contributed by atoms with van der Waals surface area (Å²) in [7, 11) is 0. The van der Waals surface area contributed by atoms with E-state index in [-0.39, 0.29) is 5.28 Å². The van der Waals surface area contributed by atoms with Crippen LogP contribution in [0.5, 0.6) is 0 Å². The summed E-state index contributed by atoms with van der Waals surface area (Å²) in [6.45, 7) is 0. The van der Waals surface area contributed by atoms with E-state index in [4.69, 9.17) is 23.2 Å². The molecule has 0 atom stereocenters. The van der Waals surface area contributed by atoms with Crippen molar-refractivity contribution in [1.82, 2.24) is 19.5 Å². The van der Waals surface area contributed by atoms with Crippen LogP contribution in [0.3, 0.4) is 0 Å². The normalized spacial score (nSPS) is 17.4. The van der Waals surface area contributed by atoms with Crippen LogP contribution in [0.15, 0.2) is 6.20 Å². The Balaban J connectivity index is 2.20. The van der Waals surface area contributed by atoms with E-state index < -0.39 is 0 Å². The van der Waals surface area contributed by atoms with Crippen LogP contribution < -0.4 is 0 Å². The molecule has 0 aliphatic heterocycles. The zero-order chi connectivity index (χ0) is 11.1. The summed E-state index contributed by atoms with van der Waals surface area (Å²) in [5, 5.41) is 0.724. The van der Waals surface area contributed by atoms with E-state index in [0.29, 0.717) is 16.8 Å². The number of rotatable bonds is 1. The van der Waals surface area contributed by atoms with Crippen molar-refractivity contribution < 1.29 is 0 Å². The monoisotopic (exact) mass is 256 g/mol. The highest BCUT2D eigenvalue weighted by Gasteiger charge is 2.22. The molecule has 16 heavy (non-hydrogen) atoms. The lowest BCUT2D eigenvalue weighted by Gasteiger charge is -2.12. The molecule has 0 unspecified atom stereocenters. The van der Waals surface area contributed by atoms with E-state index in [1.807, 2.05) is 4.57 Å². The quantitative estimate of drug-likeness (QED) is 0.581. The van der Waals surface area contributed by atoms with Gasteiger partial charge < -0.3 is 0 Å². The molecular formula is C10H10Cl2N4. The van der Waals surface area contributed by atoms with Crippen molar-refractivity contribution in [1.29, 1.82) is 0 Å². The summed E-state index contributed by atoms with van der Waals surface area (Å²) in [6.07, 6.45) is 6.35. The van der Waals surface area contributed by atoms with Gasteiger partial charge in [0.1, 0.15) is 5.52 Å². The van der Waals surface area contributed by atoms with Gasteiger partial charge in [0.2, 0.25) is 10.6 Å². The van der Waals surface area contributed by atoms with Crippen LogP contribution in [0.1, 0.15) is 31.7 Å². The van der Waals surface area contributed by atoms with Crippen LogP contribution >= 0.6 is 23.2 Å². The second-order valence-electron chi connectivity index (χ2n) is 4.04. The lowest BCUT2D eigenvalue weighted by atomic mass is 10.2.